The molecule has 0 amide bonds. The summed E-state index contributed by atoms with van der Waals surface area (Å²) in [6.45, 7) is 3.10. The molecule has 3 rings (SSSR count). The average molecular weight is 290 g/mol. The number of nitrogens with one attached hydrogen (secondary N) is 1. The van der Waals surface area contributed by atoms with Crippen LogP contribution in [0.1, 0.15) is 17.5 Å². The minimum atomic E-state index is 0.496. The Morgan fingerprint density at radius 2 is 2.15 bits per heavy atom. The van der Waals surface area contributed by atoms with E-state index in [0.717, 1.165) is 35.0 Å². The highest BCUT2D eigenvalue weighted by atomic mass is 32.1. The Morgan fingerprint density at radius 3 is 2.90 bits per heavy atom. The normalized spacial score (nSPS) is 17.6. The lowest BCUT2D eigenvalue weighted by molar-refractivity contribution is 0.395. The van der Waals surface area contributed by atoms with Crippen molar-refractivity contribution in [2.45, 2.75) is 25.9 Å². The van der Waals surface area contributed by atoms with E-state index in [-0.39, 0.29) is 0 Å². The summed E-state index contributed by atoms with van der Waals surface area (Å²) in [5, 5.41) is 4.49. The predicted molar refractivity (Wildman–Crippen MR) is 80.7 cm³/mol. The van der Waals surface area contributed by atoms with Gasteiger partial charge in [0.15, 0.2) is 0 Å². The van der Waals surface area contributed by atoms with Crippen LogP contribution in [0.4, 0.5) is 0 Å². The van der Waals surface area contributed by atoms with Crippen LogP contribution in [0.25, 0.3) is 10.6 Å². The molecule has 0 saturated carbocycles. The Bertz CT molecular complexity index is 624. The summed E-state index contributed by atoms with van der Waals surface area (Å²) >= 11 is 1.74. The van der Waals surface area contributed by atoms with Crippen LogP contribution in [0.5, 0.6) is 11.5 Å². The zero-order valence-corrected chi connectivity index (χ0v) is 12.7. The molecular formula is C15H18N2O2S. The van der Waals surface area contributed by atoms with Crippen LogP contribution in [0.3, 0.4) is 0 Å². The van der Waals surface area contributed by atoms with Crippen molar-refractivity contribution >= 4 is 11.3 Å². The van der Waals surface area contributed by atoms with Crippen molar-refractivity contribution in [2.75, 3.05) is 14.2 Å². The predicted octanol–water partition coefficient (Wildman–Crippen LogP) is 2.86. The van der Waals surface area contributed by atoms with Gasteiger partial charge in [-0.05, 0) is 19.1 Å². The molecule has 106 valence electrons. The number of methoxy groups -OCH3 is 2. The summed E-state index contributed by atoms with van der Waals surface area (Å²) in [4.78, 5) is 6.12. The summed E-state index contributed by atoms with van der Waals surface area (Å²) in [6, 6.07) is 6.35. The second-order valence-corrected chi connectivity index (χ2v) is 6.02. The molecule has 2 heterocycles. The number of benzene rings is 1. The fraction of sp³-hybridized carbons (Fsp3) is 0.400. The summed E-state index contributed by atoms with van der Waals surface area (Å²) in [5.74, 6) is 1.60. The van der Waals surface area contributed by atoms with E-state index in [0.29, 0.717) is 6.04 Å². The molecule has 1 aliphatic heterocycles. The van der Waals surface area contributed by atoms with Crippen molar-refractivity contribution in [3.05, 3.63) is 28.8 Å². The van der Waals surface area contributed by atoms with Gasteiger partial charge in [-0.1, -0.05) is 0 Å². The van der Waals surface area contributed by atoms with E-state index in [2.05, 4.69) is 12.2 Å². The first-order valence-electron chi connectivity index (χ1n) is 6.65. The first kappa shape index (κ1) is 13.4. The number of ether oxygens (including phenoxy) is 2. The molecule has 1 unspecified atom stereocenters. The second kappa shape index (κ2) is 5.42. The van der Waals surface area contributed by atoms with Crippen molar-refractivity contribution in [3.63, 3.8) is 0 Å². The lowest BCUT2D eigenvalue weighted by Crippen LogP contribution is -2.32. The molecule has 2 aromatic rings. The van der Waals surface area contributed by atoms with Crippen molar-refractivity contribution in [1.82, 2.24) is 10.3 Å². The zero-order valence-electron chi connectivity index (χ0n) is 11.9. The molecule has 20 heavy (non-hydrogen) atoms. The van der Waals surface area contributed by atoms with Crippen molar-refractivity contribution in [2.24, 2.45) is 0 Å². The lowest BCUT2D eigenvalue weighted by Gasteiger charge is -2.18. The Labute approximate surface area is 122 Å². The van der Waals surface area contributed by atoms with E-state index >= 15 is 0 Å². The van der Waals surface area contributed by atoms with Crippen LogP contribution in [0, 0.1) is 0 Å². The molecule has 0 spiro atoms. The highest BCUT2D eigenvalue weighted by Gasteiger charge is 2.21. The Hall–Kier alpha value is -1.59. The quantitative estimate of drug-likeness (QED) is 0.944. The molecule has 1 N–H and O–H groups in total. The number of fused-ring (bicyclic) bond motifs is 1. The topological polar surface area (TPSA) is 43.4 Å². The molecule has 0 radical (unpaired) electrons. The smallest absolute Gasteiger partial charge is 0.132 e. The number of thiazole rings is 1. The Kier molecular flexibility index (Phi) is 3.63. The van der Waals surface area contributed by atoms with Gasteiger partial charge in [-0.25, -0.2) is 4.98 Å². The van der Waals surface area contributed by atoms with Crippen molar-refractivity contribution in [3.8, 4) is 22.1 Å². The largest absolute Gasteiger partial charge is 0.497 e. The number of rotatable bonds is 3. The average Bonchev–Trinajstić information content (AvgIpc) is 2.89. The van der Waals surface area contributed by atoms with Crippen molar-refractivity contribution in [1.29, 1.82) is 0 Å². The SMILES string of the molecule is COc1ccc(-c2nc3c(s2)CNC(C)C3)c(OC)c1. The third-order valence-corrected chi connectivity index (χ3v) is 4.66. The molecule has 0 saturated heterocycles. The van der Waals surface area contributed by atoms with Gasteiger partial charge in [0.2, 0.25) is 0 Å². The highest BCUT2D eigenvalue weighted by Crippen LogP contribution is 2.37. The molecule has 1 aromatic carbocycles. The summed E-state index contributed by atoms with van der Waals surface area (Å²) in [5.41, 5.74) is 2.24. The summed E-state index contributed by atoms with van der Waals surface area (Å²) < 4.78 is 10.7. The molecule has 4 nitrogen and oxygen atoms in total. The molecule has 0 aliphatic carbocycles. The number of nitrogens with zero attached hydrogens (tertiary/aromatic N) is 1. The van der Waals surface area contributed by atoms with E-state index in [1.807, 2.05) is 18.2 Å². The van der Waals surface area contributed by atoms with E-state index < -0.39 is 0 Å². The molecule has 1 aromatic heterocycles. The maximum Gasteiger partial charge on any atom is 0.132 e. The number of hydrogen-bond donors (Lipinski definition) is 1. The van der Waals surface area contributed by atoms with Crippen molar-refractivity contribution < 1.29 is 9.47 Å². The first-order chi connectivity index (χ1) is 9.71. The standard InChI is InChI=1S/C15H18N2O2S/c1-9-6-12-14(8-16-9)20-15(17-12)11-5-4-10(18-2)7-13(11)19-3/h4-5,7,9,16H,6,8H2,1-3H3. The summed E-state index contributed by atoms with van der Waals surface area (Å²) in [6.07, 6.45) is 0.990. The molecule has 1 atom stereocenters. The van der Waals surface area contributed by atoms with E-state index in [1.54, 1.807) is 25.6 Å². The van der Waals surface area contributed by atoms with Gasteiger partial charge in [-0.2, -0.15) is 0 Å². The van der Waals surface area contributed by atoms with Gasteiger partial charge in [0.1, 0.15) is 16.5 Å². The Morgan fingerprint density at radius 1 is 1.30 bits per heavy atom. The monoisotopic (exact) mass is 290 g/mol. The van der Waals surface area contributed by atoms with Crippen LogP contribution in [0.15, 0.2) is 18.2 Å². The minimum absolute atomic E-state index is 0.496. The molecule has 5 heteroatoms. The summed E-state index contributed by atoms with van der Waals surface area (Å²) in [7, 11) is 3.33. The maximum atomic E-state index is 5.47. The van der Waals surface area contributed by atoms with Gasteiger partial charge in [0, 0.05) is 30.0 Å². The van der Waals surface area contributed by atoms with Gasteiger partial charge < -0.3 is 14.8 Å². The fourth-order valence-electron chi connectivity index (χ4n) is 2.40. The molecular weight excluding hydrogens is 272 g/mol. The third kappa shape index (κ3) is 2.39. The lowest BCUT2D eigenvalue weighted by atomic mass is 10.1. The number of aromatic nitrogens is 1. The highest BCUT2D eigenvalue weighted by molar-refractivity contribution is 7.15. The van der Waals surface area contributed by atoms with Crippen LogP contribution in [-0.2, 0) is 13.0 Å². The van der Waals surface area contributed by atoms with Gasteiger partial charge >= 0.3 is 0 Å². The second-order valence-electron chi connectivity index (χ2n) is 4.94. The van der Waals surface area contributed by atoms with E-state index in [1.165, 1.54) is 10.6 Å². The van der Waals surface area contributed by atoms with Crippen LogP contribution in [-0.4, -0.2) is 25.2 Å². The minimum Gasteiger partial charge on any atom is -0.497 e. The van der Waals surface area contributed by atoms with E-state index in [9.17, 15) is 0 Å². The molecule has 0 fully saturated rings. The van der Waals surface area contributed by atoms with Crippen LogP contribution in [0.2, 0.25) is 0 Å². The van der Waals surface area contributed by atoms with Gasteiger partial charge in [-0.3, -0.25) is 0 Å². The first-order valence-corrected chi connectivity index (χ1v) is 7.47. The number of hydrogen-bond acceptors (Lipinski definition) is 5. The molecule has 0 bridgehead atoms. The maximum absolute atomic E-state index is 5.47. The van der Waals surface area contributed by atoms with Gasteiger partial charge in [0.25, 0.3) is 0 Å². The fourth-order valence-corrected chi connectivity index (χ4v) is 3.47. The molecule has 1 aliphatic rings. The third-order valence-electron chi connectivity index (χ3n) is 3.53. The van der Waals surface area contributed by atoms with E-state index in [4.69, 9.17) is 14.5 Å². The Balaban J connectivity index is 2.01. The van der Waals surface area contributed by atoms with Gasteiger partial charge in [0.05, 0.1) is 25.5 Å². The van der Waals surface area contributed by atoms with Gasteiger partial charge in [-0.15, -0.1) is 11.3 Å². The zero-order chi connectivity index (χ0) is 14.1. The van der Waals surface area contributed by atoms with Crippen LogP contribution >= 0.6 is 11.3 Å². The van der Waals surface area contributed by atoms with Crippen LogP contribution < -0.4 is 14.8 Å².